The molecule has 0 aliphatic carbocycles. The maximum atomic E-state index is 15.4. The molecule has 0 saturated carbocycles. The molecule has 0 spiro atoms. The Balaban J connectivity index is 1.41. The summed E-state index contributed by atoms with van der Waals surface area (Å²) in [6, 6.07) is 7.03. The molecule has 1 atom stereocenters. The largest absolute Gasteiger partial charge is 0.304 e. The van der Waals surface area contributed by atoms with Crippen molar-refractivity contribution in [3.8, 4) is 11.4 Å². The van der Waals surface area contributed by atoms with Gasteiger partial charge in [0.25, 0.3) is 0 Å². The minimum atomic E-state index is -0.455. The summed E-state index contributed by atoms with van der Waals surface area (Å²) in [4.78, 5) is 20.2. The zero-order chi connectivity index (χ0) is 23.4. The van der Waals surface area contributed by atoms with E-state index in [0.29, 0.717) is 45.8 Å². The number of fused-ring (bicyclic) bond motifs is 4. The smallest absolute Gasteiger partial charge is 0.164 e. The quantitative estimate of drug-likeness (QED) is 0.444. The lowest BCUT2D eigenvalue weighted by Gasteiger charge is -2.45. The van der Waals surface area contributed by atoms with Crippen LogP contribution in [0, 0.1) is 31.4 Å². The molecule has 3 aliphatic heterocycles. The van der Waals surface area contributed by atoms with Gasteiger partial charge in [-0.15, -0.1) is 0 Å². The second kappa shape index (κ2) is 8.20. The Labute approximate surface area is 196 Å². The van der Waals surface area contributed by atoms with E-state index in [1.807, 2.05) is 24.5 Å². The molecule has 174 valence electrons. The van der Waals surface area contributed by atoms with Gasteiger partial charge in [0.15, 0.2) is 5.65 Å². The molecule has 0 amide bonds. The lowest BCUT2D eigenvalue weighted by molar-refractivity contribution is 0.0870. The summed E-state index contributed by atoms with van der Waals surface area (Å²) in [5, 5.41) is 0. The molecule has 3 aliphatic rings. The monoisotopic (exact) mass is 460 g/mol. The third-order valence-electron chi connectivity index (χ3n) is 7.33. The van der Waals surface area contributed by atoms with Crippen molar-refractivity contribution in [2.24, 2.45) is 5.92 Å². The summed E-state index contributed by atoms with van der Waals surface area (Å²) in [5.74, 6) is 1.44. The van der Waals surface area contributed by atoms with Gasteiger partial charge in [0.2, 0.25) is 0 Å². The first-order chi connectivity index (χ1) is 16.5. The van der Waals surface area contributed by atoms with Gasteiger partial charge >= 0.3 is 0 Å². The fourth-order valence-electron chi connectivity index (χ4n) is 5.61. The molecule has 34 heavy (non-hydrogen) atoms. The highest BCUT2D eigenvalue weighted by Crippen LogP contribution is 2.39. The summed E-state index contributed by atoms with van der Waals surface area (Å²) in [5.41, 5.74) is 4.09. The van der Waals surface area contributed by atoms with Crippen molar-refractivity contribution in [3.05, 3.63) is 70.9 Å². The van der Waals surface area contributed by atoms with Crippen LogP contribution in [0.3, 0.4) is 0 Å². The third-order valence-corrected chi connectivity index (χ3v) is 7.33. The van der Waals surface area contributed by atoms with Gasteiger partial charge in [0.1, 0.15) is 28.8 Å². The number of pyridine rings is 1. The summed E-state index contributed by atoms with van der Waals surface area (Å²) in [6.07, 6.45) is 5.10. The molecular formula is C26H26F2N6. The first-order valence-corrected chi connectivity index (χ1v) is 11.8. The molecule has 1 aromatic carbocycles. The molecule has 0 radical (unpaired) electrons. The van der Waals surface area contributed by atoms with E-state index in [-0.39, 0.29) is 12.4 Å². The topological polar surface area (TPSA) is 59.7 Å². The van der Waals surface area contributed by atoms with Gasteiger partial charge in [-0.1, -0.05) is 12.1 Å². The molecule has 1 unspecified atom stereocenters. The molecular weight excluding hydrogens is 434 g/mol. The summed E-state index contributed by atoms with van der Waals surface area (Å²) in [7, 11) is 0. The van der Waals surface area contributed by atoms with Gasteiger partial charge in [0, 0.05) is 23.9 Å². The first-order valence-electron chi connectivity index (χ1n) is 11.8. The van der Waals surface area contributed by atoms with Crippen molar-refractivity contribution in [1.82, 2.24) is 29.4 Å². The van der Waals surface area contributed by atoms with Crippen LogP contribution < -0.4 is 0 Å². The van der Waals surface area contributed by atoms with Gasteiger partial charge < -0.3 is 9.47 Å². The van der Waals surface area contributed by atoms with Gasteiger partial charge in [-0.05, 0) is 69.3 Å². The predicted octanol–water partition coefficient (Wildman–Crippen LogP) is 4.64. The van der Waals surface area contributed by atoms with Crippen molar-refractivity contribution in [2.45, 2.75) is 39.2 Å². The van der Waals surface area contributed by atoms with Crippen LogP contribution in [0.2, 0.25) is 0 Å². The number of rotatable bonds is 4. The molecule has 6 heterocycles. The highest BCUT2D eigenvalue weighted by atomic mass is 19.1. The molecule has 2 bridgehead atoms. The zero-order valence-electron chi connectivity index (χ0n) is 19.3. The molecule has 0 N–H and O–H groups in total. The van der Waals surface area contributed by atoms with E-state index in [2.05, 4.69) is 25.9 Å². The van der Waals surface area contributed by atoms with Crippen LogP contribution in [-0.4, -0.2) is 49.0 Å². The number of hydrogen-bond acceptors (Lipinski definition) is 5. The molecule has 3 aromatic heterocycles. The maximum Gasteiger partial charge on any atom is 0.164 e. The minimum absolute atomic E-state index is 0.227. The molecule has 8 heteroatoms. The predicted molar refractivity (Wildman–Crippen MR) is 125 cm³/mol. The van der Waals surface area contributed by atoms with Crippen LogP contribution in [0.15, 0.2) is 36.7 Å². The number of piperidine rings is 3. The second-order valence-electron chi connectivity index (χ2n) is 9.54. The van der Waals surface area contributed by atoms with Gasteiger partial charge in [-0.25, -0.2) is 23.7 Å². The Bertz CT molecular complexity index is 1390. The Morgan fingerprint density at radius 1 is 1.00 bits per heavy atom. The zero-order valence-corrected chi connectivity index (χ0v) is 19.3. The number of nitrogens with zero attached hydrogens (tertiary/aromatic N) is 6. The van der Waals surface area contributed by atoms with Gasteiger partial charge in [-0.3, -0.25) is 4.98 Å². The van der Waals surface area contributed by atoms with E-state index in [9.17, 15) is 4.39 Å². The fourth-order valence-corrected chi connectivity index (χ4v) is 5.61. The molecule has 6 nitrogen and oxygen atoms in total. The van der Waals surface area contributed by atoms with E-state index in [4.69, 9.17) is 4.98 Å². The Morgan fingerprint density at radius 2 is 1.82 bits per heavy atom. The number of hydrogen-bond donors (Lipinski definition) is 0. The highest BCUT2D eigenvalue weighted by Gasteiger charge is 2.35. The SMILES string of the molecule is Cc1nc(C)c2nc(-c3cncc(F)c3)n(Cc3ccc(C4CN5CCC4CC5)cc3F)c2n1. The van der Waals surface area contributed by atoms with Gasteiger partial charge in [-0.2, -0.15) is 0 Å². The van der Waals surface area contributed by atoms with Crippen molar-refractivity contribution in [1.29, 1.82) is 0 Å². The molecule has 7 rings (SSSR count). The van der Waals surface area contributed by atoms with E-state index in [1.54, 1.807) is 12.3 Å². The van der Waals surface area contributed by atoms with E-state index >= 15 is 4.39 Å². The number of aryl methyl sites for hydroxylation is 2. The molecule has 3 fully saturated rings. The summed E-state index contributed by atoms with van der Waals surface area (Å²) < 4.78 is 31.2. The molecule has 3 saturated heterocycles. The van der Waals surface area contributed by atoms with Crippen molar-refractivity contribution >= 4 is 11.2 Å². The average molecular weight is 461 g/mol. The van der Waals surface area contributed by atoms with Gasteiger partial charge in [0.05, 0.1) is 18.4 Å². The molecule has 4 aromatic rings. The number of aromatic nitrogens is 5. The minimum Gasteiger partial charge on any atom is -0.304 e. The second-order valence-corrected chi connectivity index (χ2v) is 9.54. The standard InChI is InChI=1S/C26H26F2N6/c1-15-24-26(31-16(2)30-15)34(25(32-24)20-9-21(27)12-29-11-20)13-19-4-3-18(10-23(19)28)22-14-33-7-5-17(22)6-8-33/h3-4,9-12,17,22H,5-8,13-14H2,1-2H3. The lowest BCUT2D eigenvalue weighted by Crippen LogP contribution is -2.46. The highest BCUT2D eigenvalue weighted by molar-refractivity contribution is 5.79. The van der Waals surface area contributed by atoms with Crippen molar-refractivity contribution in [2.75, 3.05) is 19.6 Å². The lowest BCUT2D eigenvalue weighted by atomic mass is 9.75. The summed E-state index contributed by atoms with van der Waals surface area (Å²) in [6.45, 7) is 7.25. The Morgan fingerprint density at radius 3 is 2.53 bits per heavy atom. The Kier molecular flexibility index (Phi) is 5.13. The van der Waals surface area contributed by atoms with Crippen LogP contribution in [0.25, 0.3) is 22.6 Å². The maximum absolute atomic E-state index is 15.4. The van der Waals surface area contributed by atoms with E-state index in [1.165, 1.54) is 18.9 Å². The van der Waals surface area contributed by atoms with Crippen molar-refractivity contribution in [3.63, 3.8) is 0 Å². The normalized spacial score (nSPS) is 21.9. The number of imidazole rings is 1. The number of halogens is 2. The first kappa shape index (κ1) is 21.3. The van der Waals surface area contributed by atoms with E-state index in [0.717, 1.165) is 37.1 Å². The van der Waals surface area contributed by atoms with Crippen LogP contribution in [0.1, 0.15) is 41.4 Å². The van der Waals surface area contributed by atoms with Crippen LogP contribution >= 0.6 is 0 Å². The third kappa shape index (κ3) is 3.66. The average Bonchev–Trinajstić information content (AvgIpc) is 3.19. The van der Waals surface area contributed by atoms with Crippen molar-refractivity contribution < 1.29 is 8.78 Å². The fraction of sp³-hybridized carbons (Fsp3) is 0.385. The number of benzene rings is 1. The Hall–Kier alpha value is -3.26. The van der Waals surface area contributed by atoms with Crippen LogP contribution in [0.4, 0.5) is 8.78 Å². The summed E-state index contributed by atoms with van der Waals surface area (Å²) >= 11 is 0. The van der Waals surface area contributed by atoms with Crippen LogP contribution in [0.5, 0.6) is 0 Å². The van der Waals surface area contributed by atoms with E-state index < -0.39 is 5.82 Å². The van der Waals surface area contributed by atoms with Crippen LogP contribution in [-0.2, 0) is 6.54 Å².